The Labute approximate surface area is 195 Å². The number of amidine groups is 1. The lowest BCUT2D eigenvalue weighted by Crippen LogP contribution is -2.30. The van der Waals surface area contributed by atoms with Gasteiger partial charge in [0.2, 0.25) is 0 Å². The second-order valence-electron chi connectivity index (χ2n) is 6.83. The van der Waals surface area contributed by atoms with Gasteiger partial charge in [-0.15, -0.1) is 0 Å². The first kappa shape index (κ1) is 21.6. The van der Waals surface area contributed by atoms with Gasteiger partial charge in [0.05, 0.1) is 21.4 Å². The van der Waals surface area contributed by atoms with Crippen molar-refractivity contribution in [2.75, 3.05) is 18.0 Å². The van der Waals surface area contributed by atoms with E-state index in [1.54, 1.807) is 22.7 Å². The minimum Gasteiger partial charge on any atom is -0.334 e. The summed E-state index contributed by atoms with van der Waals surface area (Å²) in [5, 5.41) is 2.46. The number of amides is 1. The summed E-state index contributed by atoms with van der Waals surface area (Å²) >= 11 is 15.6. The van der Waals surface area contributed by atoms with Gasteiger partial charge in [-0.25, -0.2) is 4.99 Å². The second kappa shape index (κ2) is 9.27. The maximum Gasteiger partial charge on any atom is 0.269 e. The van der Waals surface area contributed by atoms with Gasteiger partial charge in [0, 0.05) is 18.0 Å². The summed E-state index contributed by atoms with van der Waals surface area (Å²) in [7, 11) is 0. The number of anilines is 1. The van der Waals surface area contributed by atoms with Crippen LogP contribution in [0.15, 0.2) is 62.3 Å². The van der Waals surface area contributed by atoms with E-state index in [1.165, 1.54) is 16.7 Å². The highest BCUT2D eigenvalue weighted by Gasteiger charge is 2.39. The number of para-hydroxylation sites is 1. The SMILES string of the molecule is CCCCN1C(=O)C(=C2Sc3ccccc3N2CC)SC1=Nc1cccc(Cl)c1Cl. The molecule has 1 fully saturated rings. The molecule has 4 nitrogen and oxygen atoms in total. The Morgan fingerprint density at radius 1 is 1.00 bits per heavy atom. The molecule has 0 atom stereocenters. The molecular weight excluding hydrogens is 457 g/mol. The van der Waals surface area contributed by atoms with Gasteiger partial charge in [0.25, 0.3) is 5.91 Å². The highest BCUT2D eigenvalue weighted by Crippen LogP contribution is 2.50. The predicted octanol–water partition coefficient (Wildman–Crippen LogP) is 7.16. The van der Waals surface area contributed by atoms with Gasteiger partial charge in [-0.3, -0.25) is 9.69 Å². The average molecular weight is 478 g/mol. The van der Waals surface area contributed by atoms with Crippen LogP contribution in [0.4, 0.5) is 11.4 Å². The molecule has 0 N–H and O–H groups in total. The monoisotopic (exact) mass is 477 g/mol. The summed E-state index contributed by atoms with van der Waals surface area (Å²) in [6.07, 6.45) is 1.90. The van der Waals surface area contributed by atoms with Crippen LogP contribution in [0.25, 0.3) is 0 Å². The largest absolute Gasteiger partial charge is 0.334 e. The molecule has 0 radical (unpaired) electrons. The van der Waals surface area contributed by atoms with Crippen LogP contribution in [0.2, 0.25) is 10.0 Å². The average Bonchev–Trinajstić information content (AvgIpc) is 3.27. The van der Waals surface area contributed by atoms with Crippen LogP contribution in [0, 0.1) is 0 Å². The van der Waals surface area contributed by atoms with Crippen LogP contribution in [0.3, 0.4) is 0 Å². The third-order valence-corrected chi connectivity index (χ3v) is 8.05. The van der Waals surface area contributed by atoms with Gasteiger partial charge in [0.1, 0.15) is 9.93 Å². The van der Waals surface area contributed by atoms with Crippen LogP contribution in [-0.2, 0) is 4.79 Å². The molecule has 1 saturated heterocycles. The number of halogens is 2. The summed E-state index contributed by atoms with van der Waals surface area (Å²) in [4.78, 5) is 24.0. The topological polar surface area (TPSA) is 35.9 Å². The number of benzene rings is 2. The van der Waals surface area contributed by atoms with Crippen molar-refractivity contribution in [2.45, 2.75) is 31.6 Å². The van der Waals surface area contributed by atoms with E-state index in [9.17, 15) is 4.79 Å². The Kier molecular flexibility index (Phi) is 6.68. The van der Waals surface area contributed by atoms with E-state index in [-0.39, 0.29) is 5.91 Å². The van der Waals surface area contributed by atoms with Gasteiger partial charge >= 0.3 is 0 Å². The zero-order chi connectivity index (χ0) is 21.3. The molecular formula is C22H21Cl2N3OS2. The first-order chi connectivity index (χ1) is 14.5. The Hall–Kier alpha value is -1.60. The van der Waals surface area contributed by atoms with Crippen LogP contribution in [0.1, 0.15) is 26.7 Å². The third kappa shape index (κ3) is 3.98. The number of unbranched alkanes of at least 4 members (excludes halogenated alkanes) is 1. The van der Waals surface area contributed by atoms with E-state index in [4.69, 9.17) is 28.2 Å². The van der Waals surface area contributed by atoms with Crippen molar-refractivity contribution in [1.29, 1.82) is 0 Å². The highest BCUT2D eigenvalue weighted by molar-refractivity contribution is 8.19. The lowest BCUT2D eigenvalue weighted by molar-refractivity contribution is -0.122. The number of thioether (sulfide) groups is 2. The van der Waals surface area contributed by atoms with Crippen molar-refractivity contribution in [2.24, 2.45) is 4.99 Å². The molecule has 2 heterocycles. The number of hydrogen-bond donors (Lipinski definition) is 0. The Bertz CT molecular complexity index is 1050. The Morgan fingerprint density at radius 3 is 2.57 bits per heavy atom. The fourth-order valence-corrected chi connectivity index (χ4v) is 6.08. The molecule has 1 amide bonds. The van der Waals surface area contributed by atoms with E-state index in [0.29, 0.717) is 32.4 Å². The zero-order valence-corrected chi connectivity index (χ0v) is 19.8. The van der Waals surface area contributed by atoms with E-state index in [2.05, 4.69) is 30.9 Å². The van der Waals surface area contributed by atoms with Crippen LogP contribution < -0.4 is 4.90 Å². The zero-order valence-electron chi connectivity index (χ0n) is 16.7. The number of carbonyl (C=O) groups is 1. The van der Waals surface area contributed by atoms with Crippen molar-refractivity contribution in [3.05, 3.63) is 62.4 Å². The first-order valence-corrected chi connectivity index (χ1v) is 12.2. The quantitative estimate of drug-likeness (QED) is 0.428. The summed E-state index contributed by atoms with van der Waals surface area (Å²) in [6.45, 7) is 5.63. The summed E-state index contributed by atoms with van der Waals surface area (Å²) < 4.78 is 0. The van der Waals surface area contributed by atoms with Crippen LogP contribution in [0.5, 0.6) is 0 Å². The van der Waals surface area contributed by atoms with Gasteiger partial charge in [0.15, 0.2) is 5.17 Å². The van der Waals surface area contributed by atoms with Gasteiger partial charge < -0.3 is 4.90 Å². The summed E-state index contributed by atoms with van der Waals surface area (Å²) in [5.74, 6) is -0.000827. The molecule has 2 aliphatic heterocycles. The molecule has 0 spiro atoms. The van der Waals surface area contributed by atoms with Crippen LogP contribution in [-0.4, -0.2) is 29.1 Å². The molecule has 30 heavy (non-hydrogen) atoms. The molecule has 156 valence electrons. The third-order valence-electron chi connectivity index (χ3n) is 4.86. The molecule has 2 aliphatic rings. The van der Waals surface area contributed by atoms with E-state index in [1.807, 2.05) is 24.3 Å². The molecule has 0 aromatic heterocycles. The Balaban J connectivity index is 1.77. The lowest BCUT2D eigenvalue weighted by Gasteiger charge is -2.19. The number of fused-ring (bicyclic) bond motifs is 1. The van der Waals surface area contributed by atoms with Gasteiger partial charge in [-0.2, -0.15) is 0 Å². The van der Waals surface area contributed by atoms with Crippen molar-refractivity contribution >= 4 is 69.2 Å². The smallest absolute Gasteiger partial charge is 0.269 e. The molecule has 0 bridgehead atoms. The molecule has 2 aromatic rings. The summed E-state index contributed by atoms with van der Waals surface area (Å²) in [6, 6.07) is 13.6. The molecule has 2 aromatic carbocycles. The maximum atomic E-state index is 13.4. The van der Waals surface area contributed by atoms with Crippen LogP contribution >= 0.6 is 46.7 Å². The molecule has 4 rings (SSSR count). The van der Waals surface area contributed by atoms with Crippen molar-refractivity contribution in [3.8, 4) is 0 Å². The number of hydrogen-bond acceptors (Lipinski definition) is 5. The van der Waals surface area contributed by atoms with E-state index >= 15 is 0 Å². The standard InChI is InChI=1S/C22H21Cl2N3OS2/c1-3-5-13-27-20(28)19(21-26(4-2)16-11-6-7-12-17(16)29-21)30-22(27)25-15-10-8-9-14(23)18(15)24/h6-12H,3-5,13H2,1-2H3. The fourth-order valence-electron chi connectivity index (χ4n) is 3.33. The highest BCUT2D eigenvalue weighted by atomic mass is 35.5. The Morgan fingerprint density at radius 2 is 1.80 bits per heavy atom. The number of rotatable bonds is 5. The minimum absolute atomic E-state index is 0.000827. The summed E-state index contributed by atoms with van der Waals surface area (Å²) in [5.41, 5.74) is 1.71. The molecule has 8 heteroatoms. The minimum atomic E-state index is -0.000827. The number of aliphatic imine (C=N–C) groups is 1. The van der Waals surface area contributed by atoms with Gasteiger partial charge in [-0.1, -0.05) is 66.5 Å². The number of nitrogens with zero attached hydrogens (tertiary/aromatic N) is 3. The predicted molar refractivity (Wildman–Crippen MR) is 130 cm³/mol. The second-order valence-corrected chi connectivity index (χ2v) is 9.62. The molecule has 0 saturated carbocycles. The van der Waals surface area contributed by atoms with Crippen molar-refractivity contribution in [1.82, 2.24) is 4.90 Å². The van der Waals surface area contributed by atoms with Gasteiger partial charge in [-0.05, 0) is 49.4 Å². The van der Waals surface area contributed by atoms with Crippen molar-refractivity contribution < 1.29 is 4.79 Å². The first-order valence-electron chi connectivity index (χ1n) is 9.86. The van der Waals surface area contributed by atoms with Crippen molar-refractivity contribution in [3.63, 3.8) is 0 Å². The lowest BCUT2D eigenvalue weighted by atomic mass is 10.3. The molecule has 0 unspecified atom stereocenters. The van der Waals surface area contributed by atoms with E-state index < -0.39 is 0 Å². The normalized spacial score (nSPS) is 19.9. The maximum absolute atomic E-state index is 13.4. The van der Waals surface area contributed by atoms with E-state index in [0.717, 1.165) is 30.1 Å². The fraction of sp³-hybridized carbons (Fsp3) is 0.273. The number of carbonyl (C=O) groups excluding carboxylic acids is 1. The molecule has 0 aliphatic carbocycles.